The number of hydrogen-bond donors (Lipinski definition) is 0. The highest BCUT2D eigenvalue weighted by Gasteiger charge is 2.35. The molecular formula is C42H62BrP. The normalized spacial score (nSPS) is 12.7. The van der Waals surface area contributed by atoms with Crippen molar-refractivity contribution in [2.75, 3.05) is 0 Å². The molecule has 0 aromatic heterocycles. The van der Waals surface area contributed by atoms with Gasteiger partial charge in [-0.15, -0.1) is 0 Å². The predicted molar refractivity (Wildman–Crippen MR) is 206 cm³/mol. The minimum atomic E-state index is -0.862. The van der Waals surface area contributed by atoms with Crippen LogP contribution in [0.1, 0.15) is 203 Å². The zero-order valence-electron chi connectivity index (χ0n) is 30.9. The van der Waals surface area contributed by atoms with Gasteiger partial charge in [0.2, 0.25) is 0 Å². The molecule has 3 rings (SSSR count). The second kappa shape index (κ2) is 15.0. The lowest BCUT2D eigenvalue weighted by atomic mass is 9.89. The summed E-state index contributed by atoms with van der Waals surface area (Å²) in [5.41, 5.74) is 12.2. The van der Waals surface area contributed by atoms with Gasteiger partial charge in [-0.2, -0.15) is 0 Å². The maximum atomic E-state index is 3.95. The van der Waals surface area contributed by atoms with Gasteiger partial charge >= 0.3 is 0 Å². The minimum Gasteiger partial charge on any atom is -0.0587 e. The molecule has 0 nitrogen and oxygen atoms in total. The maximum absolute atomic E-state index is 3.95. The summed E-state index contributed by atoms with van der Waals surface area (Å²) >= 11 is 3.95. The Morgan fingerprint density at radius 3 is 0.727 bits per heavy atom. The Labute approximate surface area is 282 Å². The van der Waals surface area contributed by atoms with E-state index in [1.165, 1.54) is 26.7 Å². The van der Waals surface area contributed by atoms with Gasteiger partial charge in [0.1, 0.15) is 0 Å². The molecule has 0 aliphatic rings. The Morgan fingerprint density at radius 2 is 0.545 bits per heavy atom. The molecule has 0 unspecified atom stereocenters. The van der Waals surface area contributed by atoms with E-state index in [-0.39, 0.29) is 0 Å². The number of benzene rings is 3. The molecule has 0 amide bonds. The van der Waals surface area contributed by atoms with Crippen molar-refractivity contribution >= 4 is 39.8 Å². The Bertz CT molecular complexity index is 1270. The highest BCUT2D eigenvalue weighted by Crippen LogP contribution is 2.48. The summed E-state index contributed by atoms with van der Waals surface area (Å²) in [5, 5.41) is 4.86. The van der Waals surface area contributed by atoms with Crippen molar-refractivity contribution in [3.8, 4) is 0 Å². The van der Waals surface area contributed by atoms with Crippen LogP contribution in [0.4, 0.5) is 0 Å². The first-order valence-corrected chi connectivity index (χ1v) is 19.5. The van der Waals surface area contributed by atoms with Crippen LogP contribution in [0.25, 0.3) is 0 Å². The van der Waals surface area contributed by atoms with Gasteiger partial charge in [0.15, 0.2) is 0 Å². The lowest BCUT2D eigenvalue weighted by Gasteiger charge is -2.37. The summed E-state index contributed by atoms with van der Waals surface area (Å²) in [6.07, 6.45) is 0. The minimum absolute atomic E-state index is 0.421. The Balaban J connectivity index is 2.82. The second-order valence-corrected chi connectivity index (χ2v) is 18.5. The topological polar surface area (TPSA) is 0 Å². The lowest BCUT2D eigenvalue weighted by Crippen LogP contribution is -2.35. The Kier molecular flexibility index (Phi) is 12.6. The van der Waals surface area contributed by atoms with Crippen LogP contribution in [0.2, 0.25) is 0 Å². The van der Waals surface area contributed by atoms with Crippen LogP contribution in [0, 0.1) is 0 Å². The van der Waals surface area contributed by atoms with Gasteiger partial charge in [-0.1, -0.05) is 151 Å². The molecule has 44 heavy (non-hydrogen) atoms. The third kappa shape index (κ3) is 7.74. The van der Waals surface area contributed by atoms with E-state index in [2.05, 4.69) is 163 Å². The molecule has 0 fully saturated rings. The molecule has 3 aromatic rings. The van der Waals surface area contributed by atoms with E-state index in [1.54, 1.807) is 38.2 Å². The average molecular weight is 678 g/mol. The molecule has 242 valence electrons. The van der Waals surface area contributed by atoms with Gasteiger partial charge in [-0.05, 0) is 128 Å². The monoisotopic (exact) mass is 676 g/mol. The first-order chi connectivity index (χ1) is 20.4. The van der Waals surface area contributed by atoms with Crippen LogP contribution in [-0.2, 0) is 0 Å². The van der Waals surface area contributed by atoms with Gasteiger partial charge in [0.05, 0.1) is 0 Å². The quantitative estimate of drug-likeness (QED) is 0.177. The van der Waals surface area contributed by atoms with Gasteiger partial charge in [-0.25, -0.2) is 0 Å². The van der Waals surface area contributed by atoms with E-state index in [0.717, 1.165) is 0 Å². The summed E-state index contributed by atoms with van der Waals surface area (Å²) in [6.45, 7) is 38.4. The molecule has 0 saturated heterocycles. The summed E-state index contributed by atoms with van der Waals surface area (Å²) in [5.74, 6) is 3.59. The van der Waals surface area contributed by atoms with Crippen molar-refractivity contribution in [1.82, 2.24) is 0 Å². The van der Waals surface area contributed by atoms with E-state index in [9.17, 15) is 0 Å². The first kappa shape index (κ1) is 37.0. The molecule has 0 aliphatic heterocycles. The van der Waals surface area contributed by atoms with Crippen LogP contribution in [0.3, 0.4) is 0 Å². The third-order valence-corrected chi connectivity index (χ3v) is 12.6. The van der Waals surface area contributed by atoms with Gasteiger partial charge in [0.25, 0.3) is 0 Å². The summed E-state index contributed by atoms with van der Waals surface area (Å²) in [4.78, 5) is 0. The molecule has 0 aliphatic carbocycles. The number of halogens is 1. The third-order valence-electron chi connectivity index (χ3n) is 9.25. The lowest BCUT2D eigenvalue weighted by molar-refractivity contribution is 0.811. The summed E-state index contributed by atoms with van der Waals surface area (Å²) in [7, 11) is -0.862. The van der Waals surface area contributed by atoms with Crippen LogP contribution in [0.15, 0.2) is 40.9 Å². The summed E-state index contributed by atoms with van der Waals surface area (Å²) < 4.78 is 1.20. The largest absolute Gasteiger partial charge is 0.0587 e. The summed E-state index contributed by atoms with van der Waals surface area (Å²) in [6, 6.07) is 15.2. The fraction of sp³-hybridized carbons (Fsp3) is 0.571. The highest BCUT2D eigenvalue weighted by atomic mass is 79.9. The standard InChI is InChI=1S/C42H62BrP/c1-23(2)31-17-34(25(5)6)40(35(18-31)26(7)8)44(42-38(29(13)14)21-33(43)22-39(42)30(15)16)41-36(27(9)10)19-32(24(3)4)20-37(41)28(11)12/h17-30H,1-16H3. The van der Waals surface area contributed by atoms with Crippen molar-refractivity contribution in [2.45, 2.75) is 158 Å². The first-order valence-electron chi connectivity index (χ1n) is 17.4. The smallest absolute Gasteiger partial charge is 0.0181 e. The SMILES string of the molecule is CC(C)c1cc(C(C)C)c(P(c2c(C(C)C)cc(Br)cc2C(C)C)c2c(C(C)C)cc(C(C)C)cc2C(C)C)c(C(C)C)c1. The van der Waals surface area contributed by atoms with Crippen LogP contribution in [-0.4, -0.2) is 0 Å². The average Bonchev–Trinajstić information content (AvgIpc) is 2.92. The maximum Gasteiger partial charge on any atom is 0.0181 e. The van der Waals surface area contributed by atoms with Crippen molar-refractivity contribution in [3.63, 3.8) is 0 Å². The Morgan fingerprint density at radius 1 is 0.341 bits per heavy atom. The van der Waals surface area contributed by atoms with E-state index < -0.39 is 7.92 Å². The van der Waals surface area contributed by atoms with Crippen LogP contribution in [0.5, 0.6) is 0 Å². The van der Waals surface area contributed by atoms with Crippen LogP contribution >= 0.6 is 23.9 Å². The van der Waals surface area contributed by atoms with E-state index in [4.69, 9.17) is 0 Å². The molecule has 0 saturated carbocycles. The highest BCUT2D eigenvalue weighted by molar-refractivity contribution is 9.10. The molecule has 0 bridgehead atoms. The fourth-order valence-corrected chi connectivity index (χ4v) is 11.1. The van der Waals surface area contributed by atoms with E-state index in [0.29, 0.717) is 47.3 Å². The van der Waals surface area contributed by atoms with Crippen molar-refractivity contribution < 1.29 is 0 Å². The van der Waals surface area contributed by atoms with E-state index >= 15 is 0 Å². The van der Waals surface area contributed by atoms with E-state index in [1.807, 2.05) is 0 Å². The molecule has 0 spiro atoms. The zero-order valence-corrected chi connectivity index (χ0v) is 33.4. The fourth-order valence-electron chi connectivity index (χ4n) is 6.47. The van der Waals surface area contributed by atoms with Gasteiger partial charge < -0.3 is 0 Å². The molecule has 3 aromatic carbocycles. The predicted octanol–water partition coefficient (Wildman–Crippen LogP) is 13.2. The molecule has 0 radical (unpaired) electrons. The Hall–Kier alpha value is -1.43. The van der Waals surface area contributed by atoms with Crippen molar-refractivity contribution in [3.05, 3.63) is 85.4 Å². The van der Waals surface area contributed by atoms with Crippen LogP contribution < -0.4 is 15.9 Å². The molecule has 0 N–H and O–H groups in total. The molecular weight excluding hydrogens is 615 g/mol. The van der Waals surface area contributed by atoms with Gasteiger partial charge in [-0.3, -0.25) is 0 Å². The van der Waals surface area contributed by atoms with Gasteiger partial charge in [0, 0.05) is 4.47 Å². The van der Waals surface area contributed by atoms with Crippen molar-refractivity contribution in [1.29, 1.82) is 0 Å². The molecule has 2 heteroatoms. The van der Waals surface area contributed by atoms with Crippen molar-refractivity contribution in [2.24, 2.45) is 0 Å². The molecule has 0 atom stereocenters. The zero-order chi connectivity index (χ0) is 33.4. The molecule has 0 heterocycles. The second-order valence-electron chi connectivity index (χ2n) is 15.6. The number of hydrogen-bond acceptors (Lipinski definition) is 0. The number of rotatable bonds is 11.